The molecular weight excluding hydrogens is 370 g/mol. The van der Waals surface area contributed by atoms with E-state index in [1.807, 2.05) is 30.3 Å². The lowest BCUT2D eigenvalue weighted by Gasteiger charge is -2.16. The lowest BCUT2D eigenvalue weighted by atomic mass is 10.1. The predicted molar refractivity (Wildman–Crippen MR) is 107 cm³/mol. The van der Waals surface area contributed by atoms with Gasteiger partial charge in [0.05, 0.1) is 0 Å². The van der Waals surface area contributed by atoms with Crippen LogP contribution >= 0.6 is 0 Å². The van der Waals surface area contributed by atoms with E-state index in [1.54, 1.807) is 37.4 Å². The molecule has 6 heteroatoms. The van der Waals surface area contributed by atoms with Crippen molar-refractivity contribution in [3.8, 4) is 11.3 Å². The highest BCUT2D eigenvalue weighted by Gasteiger charge is 2.17. The minimum absolute atomic E-state index is 0.00848. The van der Waals surface area contributed by atoms with E-state index in [4.69, 9.17) is 9.15 Å². The van der Waals surface area contributed by atoms with Crippen LogP contribution in [0.3, 0.4) is 0 Å². The highest BCUT2D eigenvalue weighted by atomic mass is 16.5. The largest absolute Gasteiger partial charge is 0.450 e. The monoisotopic (exact) mass is 391 g/mol. The average Bonchev–Trinajstić information content (AvgIpc) is 3.23. The van der Waals surface area contributed by atoms with Gasteiger partial charge in [-0.25, -0.2) is 4.79 Å². The van der Waals surface area contributed by atoms with Crippen molar-refractivity contribution in [3.63, 3.8) is 0 Å². The third-order valence-corrected chi connectivity index (χ3v) is 4.40. The molecule has 148 valence electrons. The highest BCUT2D eigenvalue weighted by Crippen LogP contribution is 2.23. The van der Waals surface area contributed by atoms with Gasteiger partial charge in [0.2, 0.25) is 5.76 Å². The Hall–Kier alpha value is -3.67. The zero-order valence-corrected chi connectivity index (χ0v) is 16.3. The van der Waals surface area contributed by atoms with Crippen LogP contribution in [0.25, 0.3) is 11.3 Å². The fraction of sp³-hybridized carbons (Fsp3) is 0.174. The van der Waals surface area contributed by atoms with E-state index in [-0.39, 0.29) is 24.1 Å². The molecule has 0 spiro atoms. The molecule has 0 aliphatic carbocycles. The van der Waals surface area contributed by atoms with E-state index in [9.17, 15) is 14.4 Å². The van der Waals surface area contributed by atoms with Gasteiger partial charge in [-0.3, -0.25) is 9.59 Å². The molecule has 1 aromatic heterocycles. The zero-order valence-electron chi connectivity index (χ0n) is 16.3. The number of likely N-dealkylation sites (N-methyl/N-ethyl adjacent to an activating group) is 1. The summed E-state index contributed by atoms with van der Waals surface area (Å²) in [5, 5.41) is 0. The van der Waals surface area contributed by atoms with E-state index in [2.05, 4.69) is 0 Å². The molecule has 0 aliphatic heterocycles. The number of carbonyl (C=O) groups is 3. The molecule has 0 bridgehead atoms. The van der Waals surface area contributed by atoms with Crippen molar-refractivity contribution in [3.05, 3.63) is 83.6 Å². The Morgan fingerprint density at radius 1 is 0.931 bits per heavy atom. The van der Waals surface area contributed by atoms with Gasteiger partial charge in [-0.15, -0.1) is 0 Å². The van der Waals surface area contributed by atoms with Gasteiger partial charge in [0.25, 0.3) is 5.91 Å². The molecule has 1 amide bonds. The van der Waals surface area contributed by atoms with Crippen LogP contribution in [0.5, 0.6) is 0 Å². The number of benzene rings is 2. The molecule has 3 aromatic rings. The van der Waals surface area contributed by atoms with Crippen LogP contribution < -0.4 is 0 Å². The van der Waals surface area contributed by atoms with Gasteiger partial charge in [0.1, 0.15) is 5.76 Å². The second-order valence-corrected chi connectivity index (χ2v) is 6.61. The summed E-state index contributed by atoms with van der Waals surface area (Å²) in [5.41, 5.74) is 2.31. The second-order valence-electron chi connectivity index (χ2n) is 6.61. The number of ketones is 1. The van der Waals surface area contributed by atoms with E-state index >= 15 is 0 Å². The Kier molecular flexibility index (Phi) is 6.24. The lowest BCUT2D eigenvalue weighted by Crippen LogP contribution is -2.30. The lowest BCUT2D eigenvalue weighted by molar-refractivity contribution is -0.133. The van der Waals surface area contributed by atoms with Crippen molar-refractivity contribution < 1.29 is 23.5 Å². The van der Waals surface area contributed by atoms with Gasteiger partial charge in [-0.2, -0.15) is 0 Å². The Labute approximate surface area is 168 Å². The molecule has 0 aliphatic rings. The molecule has 0 fully saturated rings. The average molecular weight is 391 g/mol. The Morgan fingerprint density at radius 3 is 2.28 bits per heavy atom. The minimum atomic E-state index is -0.710. The van der Waals surface area contributed by atoms with Gasteiger partial charge in [-0.1, -0.05) is 54.6 Å². The molecule has 0 saturated heterocycles. The maximum absolute atomic E-state index is 12.2. The Balaban J connectivity index is 1.56. The minimum Gasteiger partial charge on any atom is -0.450 e. The number of carbonyl (C=O) groups excluding carboxylic acids is 3. The highest BCUT2D eigenvalue weighted by molar-refractivity contribution is 5.94. The number of hydrogen-bond donors (Lipinski definition) is 0. The van der Waals surface area contributed by atoms with E-state index in [0.29, 0.717) is 17.9 Å². The second kappa shape index (κ2) is 9.01. The van der Waals surface area contributed by atoms with Crippen molar-refractivity contribution in [2.75, 3.05) is 13.7 Å². The summed E-state index contributed by atoms with van der Waals surface area (Å²) in [6.45, 7) is 1.55. The van der Waals surface area contributed by atoms with Crippen LogP contribution in [-0.2, 0) is 16.1 Å². The number of rotatable bonds is 7. The first-order chi connectivity index (χ1) is 13.9. The smallest absolute Gasteiger partial charge is 0.374 e. The summed E-state index contributed by atoms with van der Waals surface area (Å²) in [4.78, 5) is 37.2. The number of furan rings is 1. The third kappa shape index (κ3) is 5.19. The molecule has 1 heterocycles. The maximum atomic E-state index is 12.2. The van der Waals surface area contributed by atoms with Crippen molar-refractivity contribution in [1.82, 2.24) is 4.90 Å². The summed E-state index contributed by atoms with van der Waals surface area (Å²) in [7, 11) is 1.65. The summed E-state index contributed by atoms with van der Waals surface area (Å²) >= 11 is 0. The molecule has 6 nitrogen and oxygen atoms in total. The summed E-state index contributed by atoms with van der Waals surface area (Å²) < 4.78 is 10.6. The van der Waals surface area contributed by atoms with Crippen LogP contribution in [0.2, 0.25) is 0 Å². The van der Waals surface area contributed by atoms with Gasteiger partial charge < -0.3 is 14.1 Å². The Bertz CT molecular complexity index is 1010. The molecule has 0 saturated carbocycles. The first-order valence-corrected chi connectivity index (χ1v) is 9.10. The van der Waals surface area contributed by atoms with Gasteiger partial charge in [0, 0.05) is 24.7 Å². The fourth-order valence-corrected chi connectivity index (χ4v) is 2.73. The molecule has 0 unspecified atom stereocenters. The number of esters is 1. The zero-order chi connectivity index (χ0) is 20.8. The molecule has 29 heavy (non-hydrogen) atoms. The topological polar surface area (TPSA) is 76.8 Å². The number of amides is 1. The maximum Gasteiger partial charge on any atom is 0.374 e. The SMILES string of the molecule is CC(=O)c1ccc(-c2ccc(C(=O)OCC(=O)N(C)Cc3ccccc3)o2)cc1. The fourth-order valence-electron chi connectivity index (χ4n) is 2.73. The first kappa shape index (κ1) is 20.1. The number of ether oxygens (including phenoxy) is 1. The summed E-state index contributed by atoms with van der Waals surface area (Å²) in [5.74, 6) is -0.567. The normalized spacial score (nSPS) is 10.4. The van der Waals surface area contributed by atoms with Crippen LogP contribution in [0.1, 0.15) is 33.4 Å². The molecule has 2 aromatic carbocycles. The molecule has 0 atom stereocenters. The number of Topliss-reactive ketones (excluding diaryl/α,β-unsaturated/α-hetero) is 1. The summed E-state index contributed by atoms with van der Waals surface area (Å²) in [6.07, 6.45) is 0. The van der Waals surface area contributed by atoms with Gasteiger partial charge in [-0.05, 0) is 24.6 Å². The third-order valence-electron chi connectivity index (χ3n) is 4.40. The van der Waals surface area contributed by atoms with Gasteiger partial charge >= 0.3 is 5.97 Å². The standard InChI is InChI=1S/C23H21NO5/c1-16(25)18-8-10-19(11-9-18)20-12-13-21(29-20)23(27)28-15-22(26)24(2)14-17-6-4-3-5-7-17/h3-13H,14-15H2,1-2H3. The predicted octanol–water partition coefficient (Wildman–Crippen LogP) is 3.96. The molecule has 0 N–H and O–H groups in total. The van der Waals surface area contributed by atoms with Crippen molar-refractivity contribution in [2.45, 2.75) is 13.5 Å². The van der Waals surface area contributed by atoms with Crippen LogP contribution in [-0.4, -0.2) is 36.2 Å². The van der Waals surface area contributed by atoms with E-state index in [0.717, 1.165) is 11.1 Å². The van der Waals surface area contributed by atoms with Crippen molar-refractivity contribution >= 4 is 17.7 Å². The quantitative estimate of drug-likeness (QED) is 0.450. The molecular formula is C23H21NO5. The van der Waals surface area contributed by atoms with Crippen LogP contribution in [0.15, 0.2) is 71.1 Å². The van der Waals surface area contributed by atoms with Crippen molar-refractivity contribution in [2.24, 2.45) is 0 Å². The van der Waals surface area contributed by atoms with E-state index < -0.39 is 5.97 Å². The van der Waals surface area contributed by atoms with Crippen molar-refractivity contribution in [1.29, 1.82) is 0 Å². The van der Waals surface area contributed by atoms with Gasteiger partial charge in [0.15, 0.2) is 12.4 Å². The molecule has 0 radical (unpaired) electrons. The van der Waals surface area contributed by atoms with Crippen LogP contribution in [0, 0.1) is 0 Å². The molecule has 3 rings (SSSR count). The summed E-state index contributed by atoms with van der Waals surface area (Å²) in [6, 6.07) is 19.6. The Morgan fingerprint density at radius 2 is 1.62 bits per heavy atom. The first-order valence-electron chi connectivity index (χ1n) is 9.10. The number of nitrogens with zero attached hydrogens (tertiary/aromatic N) is 1. The number of hydrogen-bond acceptors (Lipinski definition) is 5. The van der Waals surface area contributed by atoms with E-state index in [1.165, 1.54) is 17.9 Å². The van der Waals surface area contributed by atoms with Crippen LogP contribution in [0.4, 0.5) is 0 Å².